The number of ether oxygens (including phenoxy) is 1. The van der Waals surface area contributed by atoms with Crippen molar-refractivity contribution in [2.75, 3.05) is 7.11 Å². The Morgan fingerprint density at radius 3 is 2.30 bits per heavy atom. The molecule has 2 aromatic carbocycles. The smallest absolute Gasteiger partial charge is 0.291 e. The third-order valence-electron chi connectivity index (χ3n) is 3.19. The Labute approximate surface area is 136 Å². The summed E-state index contributed by atoms with van der Waals surface area (Å²) < 4.78 is 32.4. The molecule has 3 rings (SSSR count). The zero-order valence-electron chi connectivity index (χ0n) is 12.2. The Morgan fingerprint density at radius 2 is 1.70 bits per heavy atom. The first-order valence-corrected chi connectivity index (χ1v) is 7.67. The Morgan fingerprint density at radius 1 is 1.00 bits per heavy atom. The van der Waals surface area contributed by atoms with Gasteiger partial charge in [0.1, 0.15) is 5.75 Å². The molecule has 4 nitrogen and oxygen atoms in total. The lowest BCUT2D eigenvalue weighted by Gasteiger charge is -2.10. The largest absolute Gasteiger partial charge is 0.497 e. The van der Waals surface area contributed by atoms with E-state index in [1.54, 1.807) is 35.9 Å². The second-order valence-corrected chi connectivity index (χ2v) is 5.54. The molecule has 1 heterocycles. The molecule has 0 aliphatic heterocycles. The number of thioether (sulfide) groups is 1. The van der Waals surface area contributed by atoms with Crippen molar-refractivity contribution in [2.45, 2.75) is 10.9 Å². The molecule has 0 aliphatic carbocycles. The standard InChI is InChI=1S/C16H13F2N3OS/c1-22-13-9-7-12(8-10-13)21-14(11-5-3-2-4-6-11)19-20-16(21)23-15(17)18/h2-10,15H,1H3. The van der Waals surface area contributed by atoms with E-state index in [0.717, 1.165) is 5.56 Å². The number of nitrogens with zero attached hydrogens (tertiary/aromatic N) is 3. The van der Waals surface area contributed by atoms with E-state index >= 15 is 0 Å². The van der Waals surface area contributed by atoms with E-state index in [9.17, 15) is 8.78 Å². The van der Waals surface area contributed by atoms with Gasteiger partial charge in [0.15, 0.2) is 5.82 Å². The lowest BCUT2D eigenvalue weighted by atomic mass is 10.2. The first-order valence-electron chi connectivity index (χ1n) is 6.79. The van der Waals surface area contributed by atoms with Gasteiger partial charge in [0.05, 0.1) is 12.8 Å². The van der Waals surface area contributed by atoms with E-state index < -0.39 is 5.76 Å². The zero-order chi connectivity index (χ0) is 16.2. The van der Waals surface area contributed by atoms with Crippen LogP contribution in [0.25, 0.3) is 17.1 Å². The van der Waals surface area contributed by atoms with E-state index in [1.165, 1.54) is 0 Å². The molecule has 0 saturated carbocycles. The van der Waals surface area contributed by atoms with Crippen LogP contribution in [0.15, 0.2) is 59.8 Å². The molecule has 23 heavy (non-hydrogen) atoms. The highest BCUT2D eigenvalue weighted by Gasteiger charge is 2.19. The van der Waals surface area contributed by atoms with E-state index in [-0.39, 0.29) is 5.16 Å². The van der Waals surface area contributed by atoms with Gasteiger partial charge in [-0.2, -0.15) is 8.78 Å². The maximum absolute atomic E-state index is 12.8. The van der Waals surface area contributed by atoms with Crippen LogP contribution < -0.4 is 4.74 Å². The number of halogens is 2. The highest BCUT2D eigenvalue weighted by molar-refractivity contribution is 7.99. The molecule has 0 N–H and O–H groups in total. The van der Waals surface area contributed by atoms with Gasteiger partial charge in [-0.25, -0.2) is 0 Å². The average Bonchev–Trinajstić information content (AvgIpc) is 2.98. The number of aromatic nitrogens is 3. The summed E-state index contributed by atoms with van der Waals surface area (Å²) in [5, 5.41) is 8.14. The fraction of sp³-hybridized carbons (Fsp3) is 0.125. The van der Waals surface area contributed by atoms with Gasteiger partial charge in [0.25, 0.3) is 5.76 Å². The van der Waals surface area contributed by atoms with Crippen LogP contribution in [0.5, 0.6) is 5.75 Å². The molecule has 118 valence electrons. The van der Waals surface area contributed by atoms with Crippen LogP contribution in [-0.4, -0.2) is 27.6 Å². The molecule has 1 aromatic heterocycles. The van der Waals surface area contributed by atoms with E-state index in [2.05, 4.69) is 10.2 Å². The number of hydrogen-bond donors (Lipinski definition) is 0. The predicted octanol–water partition coefficient (Wildman–Crippen LogP) is 4.26. The quantitative estimate of drug-likeness (QED) is 0.654. The fourth-order valence-electron chi connectivity index (χ4n) is 2.16. The summed E-state index contributed by atoms with van der Waals surface area (Å²) in [6.45, 7) is 0. The lowest BCUT2D eigenvalue weighted by Crippen LogP contribution is -2.00. The summed E-state index contributed by atoms with van der Waals surface area (Å²) in [5.41, 5.74) is 1.50. The highest BCUT2D eigenvalue weighted by atomic mass is 32.2. The molecule has 7 heteroatoms. The molecule has 0 spiro atoms. The van der Waals surface area contributed by atoms with Gasteiger partial charge < -0.3 is 4.74 Å². The Kier molecular flexibility index (Phi) is 4.57. The van der Waals surface area contributed by atoms with Gasteiger partial charge in [-0.05, 0) is 36.0 Å². The second kappa shape index (κ2) is 6.78. The normalized spacial score (nSPS) is 11.0. The van der Waals surface area contributed by atoms with Gasteiger partial charge in [-0.15, -0.1) is 10.2 Å². The fourth-order valence-corrected chi connectivity index (χ4v) is 2.71. The average molecular weight is 333 g/mol. The number of methoxy groups -OCH3 is 1. The molecule has 0 bridgehead atoms. The zero-order valence-corrected chi connectivity index (χ0v) is 13.0. The SMILES string of the molecule is COc1ccc(-n2c(SC(F)F)nnc2-c2ccccc2)cc1. The third kappa shape index (κ3) is 3.34. The van der Waals surface area contributed by atoms with Crippen LogP contribution in [0.2, 0.25) is 0 Å². The van der Waals surface area contributed by atoms with Crippen LogP contribution in [0, 0.1) is 0 Å². The van der Waals surface area contributed by atoms with E-state index in [0.29, 0.717) is 29.0 Å². The maximum atomic E-state index is 12.8. The maximum Gasteiger partial charge on any atom is 0.291 e. The lowest BCUT2D eigenvalue weighted by molar-refractivity contribution is 0.251. The highest BCUT2D eigenvalue weighted by Crippen LogP contribution is 2.31. The van der Waals surface area contributed by atoms with Gasteiger partial charge in [0, 0.05) is 5.56 Å². The van der Waals surface area contributed by atoms with Crippen LogP contribution in [0.1, 0.15) is 0 Å². The number of hydrogen-bond acceptors (Lipinski definition) is 4. The third-order valence-corrected chi connectivity index (χ3v) is 3.84. The topological polar surface area (TPSA) is 39.9 Å². The Hall–Kier alpha value is -2.41. The predicted molar refractivity (Wildman–Crippen MR) is 85.2 cm³/mol. The molecule has 0 unspecified atom stereocenters. The summed E-state index contributed by atoms with van der Waals surface area (Å²) >= 11 is 0.370. The van der Waals surface area contributed by atoms with Crippen LogP contribution in [-0.2, 0) is 0 Å². The van der Waals surface area contributed by atoms with E-state index in [4.69, 9.17) is 4.74 Å². The van der Waals surface area contributed by atoms with Crippen molar-refractivity contribution >= 4 is 11.8 Å². The molecule has 0 radical (unpaired) electrons. The van der Waals surface area contributed by atoms with Crippen molar-refractivity contribution < 1.29 is 13.5 Å². The minimum atomic E-state index is -2.57. The van der Waals surface area contributed by atoms with Crippen LogP contribution >= 0.6 is 11.8 Å². The van der Waals surface area contributed by atoms with Crippen molar-refractivity contribution in [1.29, 1.82) is 0 Å². The van der Waals surface area contributed by atoms with Crippen molar-refractivity contribution in [2.24, 2.45) is 0 Å². The molecule has 3 aromatic rings. The van der Waals surface area contributed by atoms with E-state index in [1.807, 2.05) is 30.3 Å². The Bertz CT molecular complexity index is 776. The summed E-state index contributed by atoms with van der Waals surface area (Å²) in [6.07, 6.45) is 0. The van der Waals surface area contributed by atoms with Crippen molar-refractivity contribution in [1.82, 2.24) is 14.8 Å². The van der Waals surface area contributed by atoms with Crippen molar-refractivity contribution in [3.63, 3.8) is 0 Å². The summed E-state index contributed by atoms with van der Waals surface area (Å²) in [6, 6.07) is 16.4. The Balaban J connectivity index is 2.12. The second-order valence-electron chi connectivity index (χ2n) is 4.58. The first kappa shape index (κ1) is 15.5. The summed E-state index contributed by atoms with van der Waals surface area (Å²) in [7, 11) is 1.57. The van der Waals surface area contributed by atoms with Crippen LogP contribution in [0.4, 0.5) is 8.78 Å². The minimum Gasteiger partial charge on any atom is -0.497 e. The van der Waals surface area contributed by atoms with Gasteiger partial charge in [-0.3, -0.25) is 4.57 Å². The van der Waals surface area contributed by atoms with Gasteiger partial charge in [0.2, 0.25) is 5.16 Å². The number of benzene rings is 2. The van der Waals surface area contributed by atoms with Gasteiger partial charge >= 0.3 is 0 Å². The molecule has 0 fully saturated rings. The van der Waals surface area contributed by atoms with Crippen molar-refractivity contribution in [3.8, 4) is 22.8 Å². The molecular formula is C16H13F2N3OS. The first-order chi connectivity index (χ1) is 11.2. The number of rotatable bonds is 5. The summed E-state index contributed by atoms with van der Waals surface area (Å²) in [4.78, 5) is 0. The molecule has 0 aliphatic rings. The van der Waals surface area contributed by atoms with Crippen molar-refractivity contribution in [3.05, 3.63) is 54.6 Å². The monoisotopic (exact) mass is 333 g/mol. The minimum absolute atomic E-state index is 0.143. The van der Waals surface area contributed by atoms with Gasteiger partial charge in [-0.1, -0.05) is 30.3 Å². The van der Waals surface area contributed by atoms with Crippen LogP contribution in [0.3, 0.4) is 0 Å². The summed E-state index contributed by atoms with van der Waals surface area (Å²) in [5.74, 6) is -1.37. The molecule has 0 amide bonds. The molecule has 0 saturated heterocycles. The molecular weight excluding hydrogens is 320 g/mol. The number of alkyl halides is 2. The molecule has 0 atom stereocenters.